The van der Waals surface area contributed by atoms with Crippen LogP contribution in [0.15, 0.2) is 46.7 Å². The first-order valence-corrected chi connectivity index (χ1v) is 7.33. The summed E-state index contributed by atoms with van der Waals surface area (Å²) in [7, 11) is -2.39. The highest BCUT2D eigenvalue weighted by molar-refractivity contribution is 7.94. The van der Waals surface area contributed by atoms with Crippen molar-refractivity contribution in [2.45, 2.75) is 11.3 Å². The van der Waals surface area contributed by atoms with E-state index in [4.69, 9.17) is 0 Å². The first kappa shape index (κ1) is 15.9. The van der Waals surface area contributed by atoms with Gasteiger partial charge in [0, 0.05) is 18.0 Å². The van der Waals surface area contributed by atoms with Crippen LogP contribution in [0, 0.1) is 0 Å². The molecule has 0 aliphatic carbocycles. The zero-order chi connectivity index (χ0) is 15.0. The van der Waals surface area contributed by atoms with Gasteiger partial charge in [-0.25, -0.2) is 8.42 Å². The van der Waals surface area contributed by atoms with Crippen LogP contribution in [0.5, 0.6) is 0 Å². The van der Waals surface area contributed by atoms with E-state index in [9.17, 15) is 18.0 Å². The Kier molecular flexibility index (Phi) is 5.92. The SMILES string of the molecule is COC(=O)CCNC(=O)/C=C/S(=O)(=O)c1ccccc1. The molecule has 108 valence electrons. The standard InChI is InChI=1S/C13H15NO5S/c1-19-13(16)7-9-14-12(15)8-10-20(17,18)11-5-3-2-4-6-11/h2-6,8,10H,7,9H2,1H3,(H,14,15)/b10-8+. The van der Waals surface area contributed by atoms with Crippen LogP contribution in [0.25, 0.3) is 0 Å². The van der Waals surface area contributed by atoms with Crippen LogP contribution >= 0.6 is 0 Å². The van der Waals surface area contributed by atoms with E-state index in [1.165, 1.54) is 19.2 Å². The number of hydrogen-bond donors (Lipinski definition) is 1. The quantitative estimate of drug-likeness (QED) is 0.615. The van der Waals surface area contributed by atoms with Gasteiger partial charge >= 0.3 is 5.97 Å². The molecule has 0 radical (unpaired) electrons. The molecule has 0 spiro atoms. The minimum Gasteiger partial charge on any atom is -0.469 e. The van der Waals surface area contributed by atoms with E-state index in [0.29, 0.717) is 0 Å². The van der Waals surface area contributed by atoms with Crippen molar-refractivity contribution in [3.05, 3.63) is 41.8 Å². The van der Waals surface area contributed by atoms with Crippen molar-refractivity contribution in [2.75, 3.05) is 13.7 Å². The summed E-state index contributed by atoms with van der Waals surface area (Å²) in [5, 5.41) is 3.21. The smallest absolute Gasteiger partial charge is 0.307 e. The molecule has 0 unspecified atom stereocenters. The average Bonchev–Trinajstić information content (AvgIpc) is 2.46. The lowest BCUT2D eigenvalue weighted by atomic mass is 10.4. The first-order chi connectivity index (χ1) is 9.45. The third kappa shape index (κ3) is 5.23. The molecule has 0 atom stereocenters. The molecule has 0 heterocycles. The summed E-state index contributed by atoms with van der Waals surface area (Å²) in [6.45, 7) is 0.0846. The van der Waals surface area contributed by atoms with E-state index >= 15 is 0 Å². The fourth-order valence-electron chi connectivity index (χ4n) is 1.29. The van der Waals surface area contributed by atoms with Crippen LogP contribution < -0.4 is 5.32 Å². The number of benzene rings is 1. The van der Waals surface area contributed by atoms with Gasteiger partial charge in [0.25, 0.3) is 0 Å². The highest BCUT2D eigenvalue weighted by Gasteiger charge is 2.10. The van der Waals surface area contributed by atoms with Gasteiger partial charge in [0.2, 0.25) is 5.91 Å². The molecular formula is C13H15NO5S. The van der Waals surface area contributed by atoms with Gasteiger partial charge in [0.05, 0.1) is 18.4 Å². The number of carbonyl (C=O) groups is 2. The Balaban J connectivity index is 2.55. The molecule has 0 fully saturated rings. The largest absolute Gasteiger partial charge is 0.469 e. The number of ether oxygens (including phenoxy) is 1. The number of hydrogen-bond acceptors (Lipinski definition) is 5. The average molecular weight is 297 g/mol. The van der Waals surface area contributed by atoms with E-state index in [0.717, 1.165) is 11.5 Å². The fourth-order valence-corrected chi connectivity index (χ4v) is 2.29. The Bertz CT molecular complexity index is 592. The van der Waals surface area contributed by atoms with E-state index < -0.39 is 21.7 Å². The molecule has 0 bridgehead atoms. The minimum atomic E-state index is -3.63. The zero-order valence-electron chi connectivity index (χ0n) is 10.9. The Morgan fingerprint density at radius 3 is 2.50 bits per heavy atom. The van der Waals surface area contributed by atoms with Crippen molar-refractivity contribution in [1.82, 2.24) is 5.32 Å². The summed E-state index contributed by atoms with van der Waals surface area (Å²) in [4.78, 5) is 22.3. The molecule has 0 aliphatic heterocycles. The predicted molar refractivity (Wildman–Crippen MR) is 72.4 cm³/mol. The summed E-state index contributed by atoms with van der Waals surface area (Å²) < 4.78 is 28.0. The number of sulfone groups is 1. The molecule has 0 saturated carbocycles. The maximum absolute atomic E-state index is 11.8. The van der Waals surface area contributed by atoms with Crippen LogP contribution in [0.4, 0.5) is 0 Å². The lowest BCUT2D eigenvalue weighted by molar-refractivity contribution is -0.140. The second-order valence-corrected chi connectivity index (χ2v) is 5.61. The number of rotatable bonds is 6. The first-order valence-electron chi connectivity index (χ1n) is 5.78. The van der Waals surface area contributed by atoms with Crippen LogP contribution in [0.2, 0.25) is 0 Å². The highest BCUT2D eigenvalue weighted by Crippen LogP contribution is 2.10. The topological polar surface area (TPSA) is 89.5 Å². The van der Waals surface area contributed by atoms with Crippen molar-refractivity contribution >= 4 is 21.7 Å². The summed E-state index contributed by atoms with van der Waals surface area (Å²) in [6, 6.07) is 7.76. The molecule has 6 nitrogen and oxygen atoms in total. The van der Waals surface area contributed by atoms with Crippen molar-refractivity contribution < 1.29 is 22.7 Å². The number of amides is 1. The highest BCUT2D eigenvalue weighted by atomic mass is 32.2. The predicted octanol–water partition coefficient (Wildman–Crippen LogP) is 0.653. The number of carbonyl (C=O) groups excluding carboxylic acids is 2. The monoisotopic (exact) mass is 297 g/mol. The van der Waals surface area contributed by atoms with Gasteiger partial charge in [-0.2, -0.15) is 0 Å². The second-order valence-electron chi connectivity index (χ2n) is 3.78. The molecule has 0 aromatic heterocycles. The molecule has 20 heavy (non-hydrogen) atoms. The molecule has 0 aliphatic rings. The number of esters is 1. The van der Waals surface area contributed by atoms with Gasteiger partial charge in [-0.15, -0.1) is 0 Å². The normalized spacial score (nSPS) is 11.2. The van der Waals surface area contributed by atoms with Gasteiger partial charge < -0.3 is 10.1 Å². The van der Waals surface area contributed by atoms with Crippen molar-refractivity contribution in [3.63, 3.8) is 0 Å². The molecule has 1 rings (SSSR count). The molecule has 1 aromatic rings. The molecular weight excluding hydrogens is 282 g/mol. The maximum atomic E-state index is 11.8. The molecule has 1 amide bonds. The number of nitrogens with one attached hydrogen (secondary N) is 1. The van der Waals surface area contributed by atoms with Crippen LogP contribution in [-0.2, 0) is 24.2 Å². The lowest BCUT2D eigenvalue weighted by Gasteiger charge is -2.01. The van der Waals surface area contributed by atoms with Crippen molar-refractivity contribution in [1.29, 1.82) is 0 Å². The van der Waals surface area contributed by atoms with Crippen molar-refractivity contribution in [3.8, 4) is 0 Å². The second kappa shape index (κ2) is 7.44. The van der Waals surface area contributed by atoms with E-state index in [1.54, 1.807) is 18.2 Å². The Hall–Kier alpha value is -2.15. The maximum Gasteiger partial charge on any atom is 0.307 e. The van der Waals surface area contributed by atoms with Gasteiger partial charge in [-0.1, -0.05) is 18.2 Å². The van der Waals surface area contributed by atoms with Crippen LogP contribution in [-0.4, -0.2) is 33.9 Å². The Morgan fingerprint density at radius 2 is 1.90 bits per heavy atom. The minimum absolute atomic E-state index is 0.0293. The Morgan fingerprint density at radius 1 is 1.25 bits per heavy atom. The molecule has 7 heteroatoms. The lowest BCUT2D eigenvalue weighted by Crippen LogP contribution is -2.24. The zero-order valence-corrected chi connectivity index (χ0v) is 11.7. The summed E-state index contributed by atoms with van der Waals surface area (Å²) in [5.41, 5.74) is 0. The van der Waals surface area contributed by atoms with Crippen molar-refractivity contribution in [2.24, 2.45) is 0 Å². The molecule has 1 aromatic carbocycles. The van der Waals surface area contributed by atoms with Gasteiger partial charge in [-0.3, -0.25) is 9.59 Å². The van der Waals surface area contributed by atoms with Crippen LogP contribution in [0.1, 0.15) is 6.42 Å². The molecule has 0 saturated heterocycles. The molecule has 1 N–H and O–H groups in total. The van der Waals surface area contributed by atoms with Crippen LogP contribution in [0.3, 0.4) is 0 Å². The van der Waals surface area contributed by atoms with E-state index in [2.05, 4.69) is 10.1 Å². The third-order valence-corrected chi connectivity index (χ3v) is 3.75. The third-order valence-electron chi connectivity index (χ3n) is 2.33. The van der Waals surface area contributed by atoms with Gasteiger partial charge in [0.15, 0.2) is 9.84 Å². The van der Waals surface area contributed by atoms with E-state index in [1.807, 2.05) is 0 Å². The fraction of sp³-hybridized carbons (Fsp3) is 0.231. The Labute approximate surface area is 117 Å². The van der Waals surface area contributed by atoms with E-state index in [-0.39, 0.29) is 17.9 Å². The van der Waals surface area contributed by atoms with Gasteiger partial charge in [-0.05, 0) is 12.1 Å². The summed E-state index contributed by atoms with van der Waals surface area (Å²) in [5.74, 6) is -1.04. The summed E-state index contributed by atoms with van der Waals surface area (Å²) in [6.07, 6.45) is 0.946. The number of methoxy groups -OCH3 is 1. The summed E-state index contributed by atoms with van der Waals surface area (Å²) >= 11 is 0. The van der Waals surface area contributed by atoms with Gasteiger partial charge in [0.1, 0.15) is 0 Å².